The number of anilines is 1. The molecular formula is C15H21N3OS. The fourth-order valence-electron chi connectivity index (χ4n) is 2.38. The number of rotatable bonds is 7. The first-order chi connectivity index (χ1) is 9.83. The van der Waals surface area contributed by atoms with E-state index < -0.39 is 0 Å². The fourth-order valence-corrected chi connectivity index (χ4v) is 3.15. The maximum absolute atomic E-state index is 5.89. The van der Waals surface area contributed by atoms with E-state index in [2.05, 4.69) is 23.7 Å². The second-order valence-electron chi connectivity index (χ2n) is 5.21. The molecule has 1 aliphatic rings. The van der Waals surface area contributed by atoms with E-state index in [9.17, 15) is 0 Å². The molecule has 3 rings (SSSR count). The molecule has 2 aromatic heterocycles. The van der Waals surface area contributed by atoms with Crippen LogP contribution in [0.25, 0.3) is 10.2 Å². The van der Waals surface area contributed by atoms with Crippen LogP contribution in [0.5, 0.6) is 0 Å². The zero-order valence-corrected chi connectivity index (χ0v) is 12.9. The van der Waals surface area contributed by atoms with Gasteiger partial charge in [0.1, 0.15) is 16.8 Å². The summed E-state index contributed by atoms with van der Waals surface area (Å²) in [6.07, 6.45) is 3.61. The molecule has 108 valence electrons. The Hall–Kier alpha value is -1.20. The summed E-state index contributed by atoms with van der Waals surface area (Å²) in [6.45, 7) is 5.84. The molecule has 1 fully saturated rings. The van der Waals surface area contributed by atoms with Crippen LogP contribution >= 0.6 is 11.3 Å². The van der Waals surface area contributed by atoms with Gasteiger partial charge in [0.15, 0.2) is 5.82 Å². The van der Waals surface area contributed by atoms with Gasteiger partial charge in [0.25, 0.3) is 0 Å². The first-order valence-corrected chi connectivity index (χ1v) is 8.32. The second-order valence-corrected chi connectivity index (χ2v) is 6.10. The third-order valence-electron chi connectivity index (χ3n) is 3.54. The third kappa shape index (κ3) is 2.79. The molecule has 2 heterocycles. The van der Waals surface area contributed by atoms with E-state index in [-0.39, 0.29) is 6.10 Å². The molecular weight excluding hydrogens is 270 g/mol. The molecule has 0 saturated heterocycles. The smallest absolute Gasteiger partial charge is 0.161 e. The summed E-state index contributed by atoms with van der Waals surface area (Å²) in [5, 5.41) is 6.62. The van der Waals surface area contributed by atoms with Crippen LogP contribution in [0.4, 0.5) is 5.82 Å². The molecule has 0 bridgehead atoms. The van der Waals surface area contributed by atoms with Gasteiger partial charge in [0.05, 0.1) is 5.39 Å². The first-order valence-electron chi connectivity index (χ1n) is 7.44. The van der Waals surface area contributed by atoms with Crippen LogP contribution in [0.15, 0.2) is 11.4 Å². The van der Waals surface area contributed by atoms with E-state index in [4.69, 9.17) is 14.7 Å². The minimum atomic E-state index is 0.0636. The Kier molecular flexibility index (Phi) is 4.17. The summed E-state index contributed by atoms with van der Waals surface area (Å²) >= 11 is 1.67. The summed E-state index contributed by atoms with van der Waals surface area (Å²) in [4.78, 5) is 10.5. The highest BCUT2D eigenvalue weighted by Crippen LogP contribution is 2.43. The molecule has 1 unspecified atom stereocenters. The topological polar surface area (TPSA) is 47.0 Å². The van der Waals surface area contributed by atoms with Gasteiger partial charge in [-0.15, -0.1) is 11.3 Å². The zero-order valence-electron chi connectivity index (χ0n) is 12.1. The molecule has 5 heteroatoms. The molecule has 0 radical (unpaired) electrons. The lowest BCUT2D eigenvalue weighted by molar-refractivity contribution is 0.0404. The van der Waals surface area contributed by atoms with Gasteiger partial charge in [-0.1, -0.05) is 6.92 Å². The summed E-state index contributed by atoms with van der Waals surface area (Å²) in [7, 11) is 0. The fraction of sp³-hybridized carbons (Fsp3) is 0.600. The molecule has 1 saturated carbocycles. The summed E-state index contributed by atoms with van der Waals surface area (Å²) in [6, 6.07) is 2.09. The van der Waals surface area contributed by atoms with E-state index >= 15 is 0 Å². The predicted octanol–water partition coefficient (Wildman–Crippen LogP) is 4.00. The van der Waals surface area contributed by atoms with Crippen molar-refractivity contribution in [3.05, 3.63) is 17.3 Å². The van der Waals surface area contributed by atoms with Crippen molar-refractivity contribution in [1.29, 1.82) is 0 Å². The number of thiophene rings is 1. The SMILES string of the molecule is CCCNc1nc(C(OCC)C2CC2)nc2sccc12. The molecule has 0 amide bonds. The molecule has 4 nitrogen and oxygen atoms in total. The zero-order chi connectivity index (χ0) is 13.9. The number of ether oxygens (including phenoxy) is 1. The molecule has 0 aliphatic heterocycles. The van der Waals surface area contributed by atoms with E-state index in [0.717, 1.165) is 34.8 Å². The highest BCUT2D eigenvalue weighted by molar-refractivity contribution is 7.16. The van der Waals surface area contributed by atoms with Crippen molar-refractivity contribution in [2.75, 3.05) is 18.5 Å². The van der Waals surface area contributed by atoms with Crippen LogP contribution in [0, 0.1) is 5.92 Å². The molecule has 0 spiro atoms. The van der Waals surface area contributed by atoms with Gasteiger partial charge in [0, 0.05) is 13.2 Å². The van der Waals surface area contributed by atoms with Gasteiger partial charge in [-0.3, -0.25) is 0 Å². The maximum atomic E-state index is 5.89. The number of nitrogens with zero attached hydrogens (tertiary/aromatic N) is 2. The number of nitrogens with one attached hydrogen (secondary N) is 1. The number of hydrogen-bond donors (Lipinski definition) is 1. The minimum absolute atomic E-state index is 0.0636. The van der Waals surface area contributed by atoms with Gasteiger partial charge < -0.3 is 10.1 Å². The van der Waals surface area contributed by atoms with Crippen LogP contribution in [-0.2, 0) is 4.74 Å². The Labute approximate surface area is 123 Å². The Morgan fingerprint density at radius 1 is 1.40 bits per heavy atom. The van der Waals surface area contributed by atoms with Crippen molar-refractivity contribution >= 4 is 27.4 Å². The minimum Gasteiger partial charge on any atom is -0.370 e. The van der Waals surface area contributed by atoms with E-state index in [0.29, 0.717) is 12.5 Å². The van der Waals surface area contributed by atoms with Crippen LogP contribution in [0.3, 0.4) is 0 Å². The number of aromatic nitrogens is 2. The quantitative estimate of drug-likeness (QED) is 0.837. The maximum Gasteiger partial charge on any atom is 0.161 e. The predicted molar refractivity (Wildman–Crippen MR) is 83.3 cm³/mol. The van der Waals surface area contributed by atoms with E-state index in [1.165, 1.54) is 12.8 Å². The monoisotopic (exact) mass is 291 g/mol. The Bertz CT molecular complexity index is 580. The second kappa shape index (κ2) is 6.06. The van der Waals surface area contributed by atoms with Gasteiger partial charge in [-0.2, -0.15) is 0 Å². The molecule has 1 aliphatic carbocycles. The lowest BCUT2D eigenvalue weighted by atomic mass is 10.2. The standard InChI is InChI=1S/C15H21N3OS/c1-3-8-16-13-11-7-9-20-15(11)18-14(17-13)12(19-4-2)10-5-6-10/h7,9-10,12H,3-6,8H2,1-2H3,(H,16,17,18). The van der Waals surface area contributed by atoms with Gasteiger partial charge >= 0.3 is 0 Å². The largest absolute Gasteiger partial charge is 0.370 e. The molecule has 1 N–H and O–H groups in total. The summed E-state index contributed by atoms with van der Waals surface area (Å²) in [5.41, 5.74) is 0. The van der Waals surface area contributed by atoms with Crippen LogP contribution in [0.2, 0.25) is 0 Å². The van der Waals surface area contributed by atoms with Gasteiger partial charge in [-0.25, -0.2) is 9.97 Å². The van der Waals surface area contributed by atoms with Crippen molar-refractivity contribution in [2.24, 2.45) is 5.92 Å². The summed E-state index contributed by atoms with van der Waals surface area (Å²) < 4.78 is 5.89. The lowest BCUT2D eigenvalue weighted by Gasteiger charge is -2.16. The van der Waals surface area contributed by atoms with Gasteiger partial charge in [0.2, 0.25) is 0 Å². The highest BCUT2D eigenvalue weighted by Gasteiger charge is 2.35. The first kappa shape index (κ1) is 13.8. The highest BCUT2D eigenvalue weighted by atomic mass is 32.1. The van der Waals surface area contributed by atoms with Crippen molar-refractivity contribution in [3.8, 4) is 0 Å². The Morgan fingerprint density at radius 3 is 2.95 bits per heavy atom. The lowest BCUT2D eigenvalue weighted by Crippen LogP contribution is -2.13. The third-order valence-corrected chi connectivity index (χ3v) is 4.34. The molecule has 0 aromatic carbocycles. The number of hydrogen-bond acceptors (Lipinski definition) is 5. The Morgan fingerprint density at radius 2 is 2.25 bits per heavy atom. The summed E-state index contributed by atoms with van der Waals surface area (Å²) in [5.74, 6) is 2.41. The van der Waals surface area contributed by atoms with Crippen molar-refractivity contribution < 1.29 is 4.74 Å². The molecule has 1 atom stereocenters. The normalized spacial score (nSPS) is 16.5. The average Bonchev–Trinajstić information content (AvgIpc) is 3.18. The number of fused-ring (bicyclic) bond motifs is 1. The van der Waals surface area contributed by atoms with Crippen LogP contribution < -0.4 is 5.32 Å². The van der Waals surface area contributed by atoms with Crippen LogP contribution in [-0.4, -0.2) is 23.1 Å². The van der Waals surface area contributed by atoms with E-state index in [1.54, 1.807) is 11.3 Å². The average molecular weight is 291 g/mol. The molecule has 2 aromatic rings. The van der Waals surface area contributed by atoms with Crippen molar-refractivity contribution in [2.45, 2.75) is 39.2 Å². The van der Waals surface area contributed by atoms with Gasteiger partial charge in [-0.05, 0) is 43.6 Å². The molecule has 20 heavy (non-hydrogen) atoms. The Balaban J connectivity index is 1.96. The van der Waals surface area contributed by atoms with Crippen molar-refractivity contribution in [3.63, 3.8) is 0 Å². The van der Waals surface area contributed by atoms with Crippen molar-refractivity contribution in [1.82, 2.24) is 9.97 Å². The van der Waals surface area contributed by atoms with E-state index in [1.807, 2.05) is 6.92 Å². The van der Waals surface area contributed by atoms with Crippen LogP contribution in [0.1, 0.15) is 45.0 Å².